The first-order chi connectivity index (χ1) is 29.5. The molecule has 6 heteroatoms. The van der Waals surface area contributed by atoms with Crippen LogP contribution in [0.1, 0.15) is 245 Å². The average molecular weight is 839 g/mol. The van der Waals surface area contributed by atoms with Crippen molar-refractivity contribution in [2.75, 3.05) is 13.2 Å². The van der Waals surface area contributed by atoms with Gasteiger partial charge in [0.25, 0.3) is 0 Å². The molecule has 1 unspecified atom stereocenters. The molecule has 0 saturated heterocycles. The van der Waals surface area contributed by atoms with Crippen LogP contribution in [0.3, 0.4) is 0 Å². The third-order valence-electron chi connectivity index (χ3n) is 10.7. The van der Waals surface area contributed by atoms with Crippen molar-refractivity contribution >= 4 is 17.9 Å². The van der Waals surface area contributed by atoms with Crippen LogP contribution in [0.15, 0.2) is 60.8 Å². The van der Waals surface area contributed by atoms with E-state index in [2.05, 4.69) is 81.5 Å². The molecule has 0 bridgehead atoms. The van der Waals surface area contributed by atoms with E-state index in [0.717, 1.165) is 109 Å². The molecule has 0 spiro atoms. The number of hydrogen-bond donors (Lipinski definition) is 0. The summed E-state index contributed by atoms with van der Waals surface area (Å²) in [7, 11) is 0. The number of esters is 3. The zero-order chi connectivity index (χ0) is 43.7. The van der Waals surface area contributed by atoms with Crippen LogP contribution in [0.5, 0.6) is 0 Å². The van der Waals surface area contributed by atoms with Gasteiger partial charge in [-0.2, -0.15) is 0 Å². The van der Waals surface area contributed by atoms with E-state index in [1.165, 1.54) is 96.3 Å². The number of rotatable bonds is 45. The van der Waals surface area contributed by atoms with Crippen molar-refractivity contribution in [1.82, 2.24) is 0 Å². The largest absolute Gasteiger partial charge is 0.462 e. The molecular weight excluding hydrogens is 745 g/mol. The number of carbonyl (C=O) groups is 3. The topological polar surface area (TPSA) is 78.9 Å². The van der Waals surface area contributed by atoms with Gasteiger partial charge in [0.1, 0.15) is 13.2 Å². The average Bonchev–Trinajstić information content (AvgIpc) is 3.24. The molecule has 0 saturated carbocycles. The molecule has 0 N–H and O–H groups in total. The van der Waals surface area contributed by atoms with Gasteiger partial charge < -0.3 is 14.2 Å². The van der Waals surface area contributed by atoms with Crippen molar-refractivity contribution in [3.63, 3.8) is 0 Å². The predicted molar refractivity (Wildman–Crippen MR) is 256 cm³/mol. The maximum atomic E-state index is 12.8. The highest BCUT2D eigenvalue weighted by molar-refractivity contribution is 5.71. The van der Waals surface area contributed by atoms with Gasteiger partial charge in [-0.3, -0.25) is 14.4 Å². The van der Waals surface area contributed by atoms with E-state index < -0.39 is 6.10 Å². The highest BCUT2D eigenvalue weighted by Crippen LogP contribution is 2.14. The Morgan fingerprint density at radius 3 is 1.10 bits per heavy atom. The van der Waals surface area contributed by atoms with Crippen molar-refractivity contribution in [2.24, 2.45) is 0 Å². The molecule has 0 fully saturated rings. The summed E-state index contributed by atoms with van der Waals surface area (Å²) in [5.74, 6) is -0.912. The lowest BCUT2D eigenvalue weighted by atomic mass is 10.1. The Labute approximate surface area is 370 Å². The van der Waals surface area contributed by atoms with Gasteiger partial charge in [0, 0.05) is 19.3 Å². The Hall–Kier alpha value is -2.89. The molecule has 0 aromatic carbocycles. The number of ether oxygens (including phenoxy) is 3. The Balaban J connectivity index is 4.37. The standard InChI is InChI=1S/C54H94O6/c1-4-7-10-13-16-19-22-24-26-27-29-30-32-35-38-41-44-47-53(56)59-50-51(49-58-52(55)46-43-40-37-34-21-18-15-12-9-6-3)60-54(57)48-45-42-39-36-33-31-28-25-23-20-17-14-11-8-5-2/h7,10,12,15-16,19,24-26,28,51H,4-6,8-9,11,13-14,17-18,20-23,27,29-50H2,1-3H3/b10-7-,15-12-,19-16-,26-24-,28-25-. The minimum absolute atomic E-state index is 0.0852. The number of unbranched alkanes of at least 4 members (excludes halogenated alkanes) is 24. The quantitative estimate of drug-likeness (QED) is 0.0263. The summed E-state index contributed by atoms with van der Waals surface area (Å²) in [6, 6.07) is 0. The predicted octanol–water partition coefficient (Wildman–Crippen LogP) is 16.5. The molecule has 0 aromatic rings. The van der Waals surface area contributed by atoms with Crippen LogP contribution in [0, 0.1) is 0 Å². The van der Waals surface area contributed by atoms with Gasteiger partial charge in [0.05, 0.1) is 0 Å². The fraction of sp³-hybridized carbons (Fsp3) is 0.759. The minimum Gasteiger partial charge on any atom is -0.462 e. The van der Waals surface area contributed by atoms with Gasteiger partial charge in [-0.15, -0.1) is 0 Å². The first kappa shape index (κ1) is 57.1. The van der Waals surface area contributed by atoms with Crippen LogP contribution in [0.25, 0.3) is 0 Å². The molecular formula is C54H94O6. The first-order valence-electron chi connectivity index (χ1n) is 25.3. The SMILES string of the molecule is CC/C=C\C/C=C\C/C=C\CCCCCCCCCC(=O)OCC(COC(=O)CCCCCCC/C=C\CCC)OC(=O)CCCCCCC/C=C\CCCCCCCC. The molecule has 346 valence electrons. The van der Waals surface area contributed by atoms with Crippen LogP contribution in [0.2, 0.25) is 0 Å². The van der Waals surface area contributed by atoms with Crippen molar-refractivity contribution in [2.45, 2.75) is 252 Å². The minimum atomic E-state index is -0.784. The molecule has 0 heterocycles. The summed E-state index contributed by atoms with van der Waals surface area (Å²) in [6.07, 6.45) is 59.2. The lowest BCUT2D eigenvalue weighted by Crippen LogP contribution is -2.30. The fourth-order valence-electron chi connectivity index (χ4n) is 6.92. The van der Waals surface area contributed by atoms with E-state index in [-0.39, 0.29) is 31.1 Å². The highest BCUT2D eigenvalue weighted by Gasteiger charge is 2.19. The van der Waals surface area contributed by atoms with Crippen LogP contribution in [0.4, 0.5) is 0 Å². The second-order valence-corrected chi connectivity index (χ2v) is 16.7. The first-order valence-corrected chi connectivity index (χ1v) is 25.3. The van der Waals surface area contributed by atoms with Gasteiger partial charge in [0.15, 0.2) is 6.10 Å². The molecule has 0 aliphatic heterocycles. The number of carbonyl (C=O) groups excluding carboxylic acids is 3. The second-order valence-electron chi connectivity index (χ2n) is 16.7. The van der Waals surface area contributed by atoms with E-state index in [4.69, 9.17) is 14.2 Å². The van der Waals surface area contributed by atoms with Gasteiger partial charge in [0.2, 0.25) is 0 Å². The maximum Gasteiger partial charge on any atom is 0.306 e. The smallest absolute Gasteiger partial charge is 0.306 e. The summed E-state index contributed by atoms with van der Waals surface area (Å²) in [5, 5.41) is 0. The van der Waals surface area contributed by atoms with Crippen molar-refractivity contribution in [3.8, 4) is 0 Å². The summed E-state index contributed by atoms with van der Waals surface area (Å²) < 4.78 is 16.7. The lowest BCUT2D eigenvalue weighted by molar-refractivity contribution is -0.167. The molecule has 0 aromatic heterocycles. The van der Waals surface area contributed by atoms with Gasteiger partial charge in [-0.05, 0) is 96.3 Å². The van der Waals surface area contributed by atoms with Crippen molar-refractivity contribution in [1.29, 1.82) is 0 Å². The number of allylic oxidation sites excluding steroid dienone is 10. The van der Waals surface area contributed by atoms with Crippen LogP contribution < -0.4 is 0 Å². The molecule has 0 rings (SSSR count). The zero-order valence-electron chi connectivity index (χ0n) is 39.5. The normalized spacial score (nSPS) is 12.5. The monoisotopic (exact) mass is 839 g/mol. The summed E-state index contributed by atoms with van der Waals surface area (Å²) in [4.78, 5) is 37.9. The van der Waals surface area contributed by atoms with Crippen molar-refractivity contribution < 1.29 is 28.6 Å². The molecule has 6 nitrogen and oxygen atoms in total. The Kier molecular flexibility index (Phi) is 46.4. The van der Waals surface area contributed by atoms with Crippen LogP contribution >= 0.6 is 0 Å². The summed E-state index contributed by atoms with van der Waals surface area (Å²) >= 11 is 0. The zero-order valence-corrected chi connectivity index (χ0v) is 39.5. The molecule has 0 radical (unpaired) electrons. The lowest BCUT2D eigenvalue weighted by Gasteiger charge is -2.18. The molecule has 1 atom stereocenters. The van der Waals surface area contributed by atoms with E-state index in [1.54, 1.807) is 0 Å². The molecule has 0 aliphatic carbocycles. The highest BCUT2D eigenvalue weighted by atomic mass is 16.6. The number of hydrogen-bond acceptors (Lipinski definition) is 6. The summed E-state index contributed by atoms with van der Waals surface area (Å²) in [6.45, 7) is 6.44. The van der Waals surface area contributed by atoms with Crippen LogP contribution in [-0.4, -0.2) is 37.2 Å². The van der Waals surface area contributed by atoms with Gasteiger partial charge in [-0.25, -0.2) is 0 Å². The molecule has 60 heavy (non-hydrogen) atoms. The maximum absolute atomic E-state index is 12.8. The second kappa shape index (κ2) is 48.8. The Morgan fingerprint density at radius 2 is 0.683 bits per heavy atom. The van der Waals surface area contributed by atoms with Gasteiger partial charge >= 0.3 is 17.9 Å². The van der Waals surface area contributed by atoms with E-state index >= 15 is 0 Å². The summed E-state index contributed by atoms with van der Waals surface area (Å²) in [5.41, 5.74) is 0. The van der Waals surface area contributed by atoms with E-state index in [0.29, 0.717) is 19.3 Å². The van der Waals surface area contributed by atoms with E-state index in [1.807, 2.05) is 0 Å². The molecule has 0 aliphatic rings. The molecule has 0 amide bonds. The third kappa shape index (κ3) is 46.2. The van der Waals surface area contributed by atoms with Crippen LogP contribution in [-0.2, 0) is 28.6 Å². The third-order valence-corrected chi connectivity index (χ3v) is 10.7. The Morgan fingerprint density at radius 1 is 0.350 bits per heavy atom. The Bertz CT molecular complexity index is 1100. The van der Waals surface area contributed by atoms with Gasteiger partial charge in [-0.1, -0.05) is 191 Å². The van der Waals surface area contributed by atoms with Crippen molar-refractivity contribution in [3.05, 3.63) is 60.8 Å². The fourth-order valence-corrected chi connectivity index (χ4v) is 6.92. The van der Waals surface area contributed by atoms with E-state index in [9.17, 15) is 14.4 Å².